The molecule has 0 unspecified atom stereocenters. The SMILES string of the molecule is COc1cccc2cc(C(=O)Nc3ccc(Oc4cc(-n5nc(C)cc5C)nc(C)n4)cc3)oc12. The van der Waals surface area contributed by atoms with Crippen LogP contribution in [0.4, 0.5) is 5.69 Å². The summed E-state index contributed by atoms with van der Waals surface area (Å²) in [5.74, 6) is 2.56. The second-order valence-electron chi connectivity index (χ2n) is 8.02. The van der Waals surface area contributed by atoms with E-state index in [-0.39, 0.29) is 11.7 Å². The maximum atomic E-state index is 12.7. The number of carbonyl (C=O) groups is 1. The Bertz CT molecular complexity index is 1540. The summed E-state index contributed by atoms with van der Waals surface area (Å²) in [7, 11) is 1.56. The van der Waals surface area contributed by atoms with Crippen LogP contribution in [0.1, 0.15) is 27.8 Å². The summed E-state index contributed by atoms with van der Waals surface area (Å²) >= 11 is 0. The van der Waals surface area contributed by atoms with Crippen LogP contribution in [0.2, 0.25) is 0 Å². The standard InChI is InChI=1S/C26H23N5O4/c1-15-12-16(2)31(30-15)23-14-24(28-17(3)27-23)34-20-10-8-19(9-11-20)29-26(32)22-13-18-6-5-7-21(33-4)25(18)35-22/h5-14H,1-4H3,(H,29,32). The quantitative estimate of drug-likeness (QED) is 0.356. The predicted molar refractivity (Wildman–Crippen MR) is 131 cm³/mol. The number of rotatable bonds is 6. The van der Waals surface area contributed by atoms with E-state index in [4.69, 9.17) is 13.9 Å². The predicted octanol–water partition coefficient (Wildman–Crippen LogP) is 5.39. The van der Waals surface area contributed by atoms with E-state index >= 15 is 0 Å². The van der Waals surface area contributed by atoms with Crippen molar-refractivity contribution in [1.29, 1.82) is 0 Å². The summed E-state index contributed by atoms with van der Waals surface area (Å²) < 4.78 is 18.7. The number of nitrogens with zero attached hydrogens (tertiary/aromatic N) is 4. The van der Waals surface area contributed by atoms with Gasteiger partial charge in [0, 0.05) is 22.8 Å². The van der Waals surface area contributed by atoms with Crippen molar-refractivity contribution >= 4 is 22.6 Å². The van der Waals surface area contributed by atoms with Gasteiger partial charge in [0.2, 0.25) is 5.88 Å². The van der Waals surface area contributed by atoms with Crippen molar-refractivity contribution < 1.29 is 18.7 Å². The van der Waals surface area contributed by atoms with Gasteiger partial charge in [0.1, 0.15) is 11.6 Å². The molecule has 0 saturated carbocycles. The first-order valence-corrected chi connectivity index (χ1v) is 10.9. The molecule has 0 fully saturated rings. The minimum Gasteiger partial charge on any atom is -0.493 e. The first-order chi connectivity index (χ1) is 16.9. The highest BCUT2D eigenvalue weighted by Crippen LogP contribution is 2.29. The smallest absolute Gasteiger partial charge is 0.291 e. The lowest BCUT2D eigenvalue weighted by molar-refractivity contribution is 0.0998. The van der Waals surface area contributed by atoms with Crippen molar-refractivity contribution in [2.75, 3.05) is 12.4 Å². The van der Waals surface area contributed by atoms with Gasteiger partial charge in [-0.25, -0.2) is 9.67 Å². The van der Waals surface area contributed by atoms with Crippen LogP contribution in [0.25, 0.3) is 16.8 Å². The van der Waals surface area contributed by atoms with Gasteiger partial charge in [0.25, 0.3) is 5.91 Å². The third kappa shape index (κ3) is 4.56. The van der Waals surface area contributed by atoms with E-state index < -0.39 is 0 Å². The van der Waals surface area contributed by atoms with E-state index in [0.717, 1.165) is 16.8 Å². The van der Waals surface area contributed by atoms with Gasteiger partial charge >= 0.3 is 0 Å². The average molecular weight is 470 g/mol. The van der Waals surface area contributed by atoms with Gasteiger partial charge in [-0.1, -0.05) is 12.1 Å². The molecule has 0 spiro atoms. The second-order valence-corrected chi connectivity index (χ2v) is 8.02. The van der Waals surface area contributed by atoms with Crippen LogP contribution < -0.4 is 14.8 Å². The highest BCUT2D eigenvalue weighted by molar-refractivity contribution is 6.05. The molecule has 5 rings (SSSR count). The molecule has 0 atom stereocenters. The number of fused-ring (bicyclic) bond motifs is 1. The summed E-state index contributed by atoms with van der Waals surface area (Å²) in [5.41, 5.74) is 3.00. The molecule has 3 heterocycles. The van der Waals surface area contributed by atoms with Crippen LogP contribution in [0.5, 0.6) is 17.4 Å². The van der Waals surface area contributed by atoms with Crippen LogP contribution in [0.15, 0.2) is 65.1 Å². The van der Waals surface area contributed by atoms with Crippen molar-refractivity contribution in [1.82, 2.24) is 19.7 Å². The van der Waals surface area contributed by atoms with Gasteiger partial charge in [-0.2, -0.15) is 10.1 Å². The molecule has 1 N–H and O–H groups in total. The first kappa shape index (κ1) is 22.1. The molecule has 35 heavy (non-hydrogen) atoms. The van der Waals surface area contributed by atoms with Crippen LogP contribution in [-0.2, 0) is 0 Å². The zero-order valence-electron chi connectivity index (χ0n) is 19.7. The maximum absolute atomic E-state index is 12.7. The Morgan fingerprint density at radius 1 is 1.00 bits per heavy atom. The fourth-order valence-electron chi connectivity index (χ4n) is 3.78. The number of aryl methyl sites for hydroxylation is 3. The minimum atomic E-state index is -0.363. The van der Waals surface area contributed by atoms with Crippen molar-refractivity contribution in [3.63, 3.8) is 0 Å². The zero-order valence-corrected chi connectivity index (χ0v) is 19.7. The summed E-state index contributed by atoms with van der Waals surface area (Å²) in [5, 5.41) is 8.09. The normalized spacial score (nSPS) is 11.0. The van der Waals surface area contributed by atoms with Crippen molar-refractivity contribution in [2.24, 2.45) is 0 Å². The molecule has 9 nitrogen and oxygen atoms in total. The zero-order chi connectivity index (χ0) is 24.5. The highest BCUT2D eigenvalue weighted by Gasteiger charge is 2.15. The molecule has 0 radical (unpaired) electrons. The molecular weight excluding hydrogens is 446 g/mol. The van der Waals surface area contributed by atoms with Gasteiger partial charge in [0.05, 0.1) is 12.8 Å². The number of hydrogen-bond acceptors (Lipinski definition) is 7. The van der Waals surface area contributed by atoms with Gasteiger partial charge < -0.3 is 19.2 Å². The van der Waals surface area contributed by atoms with Gasteiger partial charge in [-0.15, -0.1) is 0 Å². The molecule has 0 bridgehead atoms. The minimum absolute atomic E-state index is 0.193. The fourth-order valence-corrected chi connectivity index (χ4v) is 3.78. The Hall–Kier alpha value is -4.66. The van der Waals surface area contributed by atoms with Gasteiger partial charge in [0.15, 0.2) is 22.9 Å². The Morgan fingerprint density at radius 2 is 1.80 bits per heavy atom. The molecule has 5 aromatic rings. The summed E-state index contributed by atoms with van der Waals surface area (Å²) in [6.07, 6.45) is 0. The van der Waals surface area contributed by atoms with E-state index in [0.29, 0.717) is 40.3 Å². The molecule has 0 aliphatic heterocycles. The van der Waals surface area contributed by atoms with E-state index in [1.54, 1.807) is 61.2 Å². The molecule has 3 aromatic heterocycles. The molecular formula is C26H23N5O4. The molecule has 0 aliphatic carbocycles. The number of amides is 1. The number of benzene rings is 2. The largest absolute Gasteiger partial charge is 0.493 e. The number of nitrogens with one attached hydrogen (secondary N) is 1. The van der Waals surface area contributed by atoms with Crippen molar-refractivity contribution in [3.8, 4) is 23.2 Å². The van der Waals surface area contributed by atoms with E-state index in [9.17, 15) is 4.79 Å². The lowest BCUT2D eigenvalue weighted by Crippen LogP contribution is -2.10. The van der Waals surface area contributed by atoms with Crippen LogP contribution in [-0.4, -0.2) is 32.8 Å². The van der Waals surface area contributed by atoms with Gasteiger partial charge in [-0.05, 0) is 63.2 Å². The fraction of sp³-hybridized carbons (Fsp3) is 0.154. The molecule has 1 amide bonds. The number of aromatic nitrogens is 4. The summed E-state index contributed by atoms with van der Waals surface area (Å²) in [6, 6.07) is 17.9. The van der Waals surface area contributed by atoms with Crippen molar-refractivity contribution in [2.45, 2.75) is 20.8 Å². The topological polar surface area (TPSA) is 104 Å². The van der Waals surface area contributed by atoms with Crippen LogP contribution >= 0.6 is 0 Å². The molecule has 0 aliphatic rings. The van der Waals surface area contributed by atoms with E-state index in [1.165, 1.54) is 0 Å². The number of furan rings is 1. The van der Waals surface area contributed by atoms with Gasteiger partial charge in [-0.3, -0.25) is 4.79 Å². The second kappa shape index (κ2) is 8.94. The van der Waals surface area contributed by atoms with Crippen LogP contribution in [0.3, 0.4) is 0 Å². The van der Waals surface area contributed by atoms with E-state index in [2.05, 4.69) is 20.4 Å². The number of ether oxygens (including phenoxy) is 2. The molecule has 0 saturated heterocycles. The molecule has 9 heteroatoms. The lowest BCUT2D eigenvalue weighted by atomic mass is 10.2. The van der Waals surface area contributed by atoms with Crippen LogP contribution in [0, 0.1) is 20.8 Å². The summed E-state index contributed by atoms with van der Waals surface area (Å²) in [6.45, 7) is 5.70. The first-order valence-electron chi connectivity index (χ1n) is 10.9. The maximum Gasteiger partial charge on any atom is 0.291 e. The highest BCUT2D eigenvalue weighted by atomic mass is 16.5. The average Bonchev–Trinajstić information content (AvgIpc) is 3.42. The Morgan fingerprint density at radius 3 is 2.51 bits per heavy atom. The van der Waals surface area contributed by atoms with Crippen molar-refractivity contribution in [3.05, 3.63) is 83.6 Å². The number of anilines is 1. The number of methoxy groups -OCH3 is 1. The lowest BCUT2D eigenvalue weighted by Gasteiger charge is -2.10. The Balaban J connectivity index is 1.31. The Kier molecular flexibility index (Phi) is 5.66. The monoisotopic (exact) mass is 469 g/mol. The summed E-state index contributed by atoms with van der Waals surface area (Å²) in [4.78, 5) is 21.5. The Labute approximate surface area is 201 Å². The third-order valence-corrected chi connectivity index (χ3v) is 5.31. The third-order valence-electron chi connectivity index (χ3n) is 5.31. The number of carbonyl (C=O) groups excluding carboxylic acids is 1. The molecule has 2 aromatic carbocycles. The molecule has 176 valence electrons. The van der Waals surface area contributed by atoms with E-state index in [1.807, 2.05) is 32.0 Å². The number of para-hydroxylation sites is 1. The number of hydrogen-bond donors (Lipinski definition) is 1.